The van der Waals surface area contributed by atoms with Crippen molar-refractivity contribution >= 4 is 49.7 Å². The zero-order valence-corrected chi connectivity index (χ0v) is 17.6. The predicted molar refractivity (Wildman–Crippen MR) is 110 cm³/mol. The van der Waals surface area contributed by atoms with Crippen LogP contribution in [0.25, 0.3) is 0 Å². The van der Waals surface area contributed by atoms with Gasteiger partial charge in [0, 0.05) is 10.2 Å². The summed E-state index contributed by atoms with van der Waals surface area (Å²) in [6, 6.07) is 6.02. The fraction of sp³-hybridized carbons (Fsp3) is 0.333. The standard InChI is InChI=1S/C18H18F3IN2O3S/c19-12-3-5-15(24-28(26,27)18(7-8-18)6-1-9-25)17(16(12)21)23-14-4-2-11(22)10-13(14)20/h2-5,10,23-25H,1,6-9H2. The van der Waals surface area contributed by atoms with Gasteiger partial charge in [0.2, 0.25) is 10.0 Å². The molecule has 0 radical (unpaired) electrons. The van der Waals surface area contributed by atoms with Crippen molar-refractivity contribution in [1.29, 1.82) is 0 Å². The summed E-state index contributed by atoms with van der Waals surface area (Å²) >= 11 is 1.90. The summed E-state index contributed by atoms with van der Waals surface area (Å²) in [5.41, 5.74) is -0.833. The van der Waals surface area contributed by atoms with Gasteiger partial charge < -0.3 is 10.4 Å². The molecule has 3 rings (SSSR count). The summed E-state index contributed by atoms with van der Waals surface area (Å²) < 4.78 is 69.8. The number of nitrogens with one attached hydrogen (secondary N) is 2. The van der Waals surface area contributed by atoms with Crippen LogP contribution in [0.4, 0.5) is 30.2 Å². The van der Waals surface area contributed by atoms with Crippen molar-refractivity contribution in [2.45, 2.75) is 30.4 Å². The van der Waals surface area contributed by atoms with E-state index in [0.29, 0.717) is 22.8 Å². The van der Waals surface area contributed by atoms with Gasteiger partial charge in [0.25, 0.3) is 0 Å². The van der Waals surface area contributed by atoms with E-state index in [1.165, 1.54) is 12.1 Å². The van der Waals surface area contributed by atoms with Gasteiger partial charge in [-0.05, 0) is 78.6 Å². The van der Waals surface area contributed by atoms with Crippen LogP contribution in [0, 0.1) is 21.0 Å². The zero-order valence-electron chi connectivity index (χ0n) is 14.6. The average Bonchev–Trinajstić information content (AvgIpc) is 3.43. The molecule has 1 aliphatic carbocycles. The Morgan fingerprint density at radius 1 is 1.07 bits per heavy atom. The van der Waals surface area contributed by atoms with E-state index in [1.807, 2.05) is 22.6 Å². The topological polar surface area (TPSA) is 78.4 Å². The second-order valence-corrected chi connectivity index (χ2v) is 9.97. The molecular weight excluding hydrogens is 508 g/mol. The Balaban J connectivity index is 1.95. The molecule has 1 fully saturated rings. The van der Waals surface area contributed by atoms with Gasteiger partial charge in [-0.15, -0.1) is 0 Å². The first-order valence-electron chi connectivity index (χ1n) is 8.52. The van der Waals surface area contributed by atoms with Gasteiger partial charge in [-0.3, -0.25) is 4.72 Å². The van der Waals surface area contributed by atoms with Gasteiger partial charge in [-0.1, -0.05) is 0 Å². The molecule has 0 aromatic heterocycles. The molecule has 0 spiro atoms. The molecule has 0 atom stereocenters. The van der Waals surface area contributed by atoms with E-state index in [4.69, 9.17) is 5.11 Å². The summed E-state index contributed by atoms with van der Waals surface area (Å²) in [6.07, 6.45) is 1.41. The van der Waals surface area contributed by atoms with Gasteiger partial charge in [0.05, 0.1) is 16.1 Å². The molecule has 1 saturated carbocycles. The van der Waals surface area contributed by atoms with E-state index < -0.39 is 37.9 Å². The lowest BCUT2D eigenvalue weighted by molar-refractivity contribution is 0.282. The van der Waals surface area contributed by atoms with Crippen LogP contribution < -0.4 is 10.0 Å². The lowest BCUT2D eigenvalue weighted by Crippen LogP contribution is -2.30. The molecule has 0 bridgehead atoms. The van der Waals surface area contributed by atoms with Crippen molar-refractivity contribution < 1.29 is 26.7 Å². The Morgan fingerprint density at radius 2 is 1.75 bits per heavy atom. The second kappa shape index (κ2) is 8.07. The molecule has 28 heavy (non-hydrogen) atoms. The minimum absolute atomic E-state index is 0.119. The Hall–Kier alpha value is -1.53. The van der Waals surface area contributed by atoms with Gasteiger partial charge in [0.15, 0.2) is 11.6 Å². The average molecular weight is 526 g/mol. The van der Waals surface area contributed by atoms with E-state index in [0.717, 1.165) is 12.1 Å². The molecule has 0 heterocycles. The van der Waals surface area contributed by atoms with E-state index >= 15 is 0 Å². The summed E-state index contributed by atoms with van der Waals surface area (Å²) in [5, 5.41) is 11.4. The smallest absolute Gasteiger partial charge is 0.238 e. The first-order chi connectivity index (χ1) is 13.2. The molecule has 0 amide bonds. The van der Waals surface area contributed by atoms with Gasteiger partial charge >= 0.3 is 0 Å². The number of aliphatic hydroxyl groups is 1. The fourth-order valence-electron chi connectivity index (χ4n) is 2.93. The SMILES string of the molecule is O=S(=O)(Nc1ccc(F)c(F)c1Nc1ccc(I)cc1F)C1(CCCO)CC1. The Labute approximate surface area is 174 Å². The van der Waals surface area contributed by atoms with E-state index in [1.54, 1.807) is 6.07 Å². The molecule has 152 valence electrons. The second-order valence-electron chi connectivity index (χ2n) is 6.65. The molecule has 2 aromatic carbocycles. The molecule has 10 heteroatoms. The maximum absolute atomic E-state index is 14.4. The van der Waals surface area contributed by atoms with E-state index in [2.05, 4.69) is 10.0 Å². The lowest BCUT2D eigenvalue weighted by atomic mass is 10.2. The summed E-state index contributed by atoms with van der Waals surface area (Å²) in [7, 11) is -3.92. The molecule has 0 aliphatic heterocycles. The highest BCUT2D eigenvalue weighted by Crippen LogP contribution is 2.48. The van der Waals surface area contributed by atoms with E-state index in [9.17, 15) is 21.6 Å². The Morgan fingerprint density at radius 3 is 2.36 bits per heavy atom. The van der Waals surface area contributed by atoms with Crippen molar-refractivity contribution in [3.8, 4) is 0 Å². The van der Waals surface area contributed by atoms with Crippen LogP contribution in [-0.4, -0.2) is 24.9 Å². The quantitative estimate of drug-likeness (QED) is 0.443. The third kappa shape index (κ3) is 4.23. The highest BCUT2D eigenvalue weighted by Gasteiger charge is 2.54. The summed E-state index contributed by atoms with van der Waals surface area (Å²) in [6.45, 7) is -0.138. The first kappa shape index (κ1) is 21.2. The monoisotopic (exact) mass is 526 g/mol. The van der Waals surface area contributed by atoms with Crippen molar-refractivity contribution in [3.63, 3.8) is 0 Å². The van der Waals surface area contributed by atoms with Crippen LogP contribution in [0.2, 0.25) is 0 Å². The maximum Gasteiger partial charge on any atom is 0.238 e. The molecule has 0 saturated heterocycles. The number of rotatable bonds is 8. The van der Waals surface area contributed by atoms with Gasteiger partial charge in [-0.25, -0.2) is 21.6 Å². The van der Waals surface area contributed by atoms with Crippen LogP contribution in [0.15, 0.2) is 30.3 Å². The number of hydrogen-bond acceptors (Lipinski definition) is 4. The van der Waals surface area contributed by atoms with Crippen LogP contribution in [0.1, 0.15) is 25.7 Å². The normalized spacial score (nSPS) is 15.3. The third-order valence-corrected chi connectivity index (χ3v) is 7.61. The van der Waals surface area contributed by atoms with Crippen LogP contribution >= 0.6 is 22.6 Å². The minimum Gasteiger partial charge on any atom is -0.396 e. The Kier molecular flexibility index (Phi) is 6.11. The largest absolute Gasteiger partial charge is 0.396 e. The number of aliphatic hydroxyl groups excluding tert-OH is 1. The van der Waals surface area contributed by atoms with Crippen molar-refractivity contribution in [2.75, 3.05) is 16.6 Å². The predicted octanol–water partition coefficient (Wildman–Crippen LogP) is 4.50. The van der Waals surface area contributed by atoms with E-state index in [-0.39, 0.29) is 24.4 Å². The minimum atomic E-state index is -3.92. The highest BCUT2D eigenvalue weighted by atomic mass is 127. The molecule has 2 aromatic rings. The van der Waals surface area contributed by atoms with Crippen molar-refractivity contribution in [3.05, 3.63) is 51.4 Å². The van der Waals surface area contributed by atoms with Crippen molar-refractivity contribution in [2.24, 2.45) is 0 Å². The Bertz CT molecular complexity index is 998. The van der Waals surface area contributed by atoms with Crippen LogP contribution in [-0.2, 0) is 10.0 Å². The third-order valence-electron chi connectivity index (χ3n) is 4.70. The summed E-state index contributed by atoms with van der Waals surface area (Å²) in [4.78, 5) is 0. The number of halogens is 4. The first-order valence-corrected chi connectivity index (χ1v) is 11.1. The number of anilines is 3. The maximum atomic E-state index is 14.4. The zero-order chi connectivity index (χ0) is 20.5. The van der Waals surface area contributed by atoms with Crippen LogP contribution in [0.5, 0.6) is 0 Å². The van der Waals surface area contributed by atoms with Crippen molar-refractivity contribution in [1.82, 2.24) is 0 Å². The van der Waals surface area contributed by atoms with Gasteiger partial charge in [-0.2, -0.15) is 0 Å². The number of benzene rings is 2. The molecule has 3 N–H and O–H groups in total. The molecular formula is C18H18F3IN2O3S. The molecule has 1 aliphatic rings. The fourth-order valence-corrected chi connectivity index (χ4v) is 5.11. The molecule has 0 unspecified atom stereocenters. The van der Waals surface area contributed by atoms with Gasteiger partial charge in [0.1, 0.15) is 11.5 Å². The molecule has 5 nitrogen and oxygen atoms in total. The number of hydrogen-bond donors (Lipinski definition) is 3. The van der Waals surface area contributed by atoms with Crippen LogP contribution in [0.3, 0.4) is 0 Å². The summed E-state index contributed by atoms with van der Waals surface area (Å²) in [5.74, 6) is -3.21. The highest BCUT2D eigenvalue weighted by molar-refractivity contribution is 14.1. The lowest BCUT2D eigenvalue weighted by Gasteiger charge is -2.20. The number of sulfonamides is 1.